The molecule has 2 heterocycles. The van der Waals surface area contributed by atoms with Crippen molar-refractivity contribution in [3.05, 3.63) is 29.3 Å². The van der Waals surface area contributed by atoms with Gasteiger partial charge in [0.2, 0.25) is 10.0 Å². The molecular weight excluding hydrogens is 352 g/mol. The predicted octanol–water partition coefficient (Wildman–Crippen LogP) is 0.314. The highest BCUT2D eigenvalue weighted by Crippen LogP contribution is 2.34. The number of nitrogens with one attached hydrogen (secondary N) is 1. The number of anilines is 1. The first-order valence-electron chi connectivity index (χ1n) is 7.70. The number of carbonyl (C=O) groups excluding carboxylic acids is 1. The molecule has 2 aliphatic heterocycles. The standard InChI is InChI=1S/C15H20N2O5S2/c1-10-7-12-8-11(3-4-14(12)17(10)23(2,19)20)15(18)16-13-5-6-24(21,22)9-13/h3-4,8,10,13H,5-7,9H2,1-2H3,(H,16,18)/t10-,13+/m0/s1. The van der Waals surface area contributed by atoms with Gasteiger partial charge in [0.05, 0.1) is 23.4 Å². The average molecular weight is 372 g/mol. The fourth-order valence-corrected chi connectivity index (χ4v) is 6.36. The zero-order valence-electron chi connectivity index (χ0n) is 13.5. The molecule has 0 aliphatic carbocycles. The molecule has 1 N–H and O–H groups in total. The van der Waals surface area contributed by atoms with Crippen LogP contribution in [0.25, 0.3) is 0 Å². The molecule has 2 atom stereocenters. The predicted molar refractivity (Wildman–Crippen MR) is 91.5 cm³/mol. The molecule has 0 saturated carbocycles. The van der Waals surface area contributed by atoms with Crippen LogP contribution in [0.5, 0.6) is 0 Å². The molecule has 1 saturated heterocycles. The summed E-state index contributed by atoms with van der Waals surface area (Å²) < 4.78 is 48.1. The van der Waals surface area contributed by atoms with E-state index >= 15 is 0 Å². The fourth-order valence-electron chi connectivity index (χ4n) is 3.43. The Bertz CT molecular complexity index is 892. The van der Waals surface area contributed by atoms with Crippen molar-refractivity contribution < 1.29 is 21.6 Å². The molecule has 2 aliphatic rings. The molecule has 24 heavy (non-hydrogen) atoms. The van der Waals surface area contributed by atoms with Crippen LogP contribution in [0.1, 0.15) is 29.3 Å². The van der Waals surface area contributed by atoms with Crippen LogP contribution in [-0.2, 0) is 26.3 Å². The Morgan fingerprint density at radius 1 is 1.33 bits per heavy atom. The number of carbonyl (C=O) groups is 1. The molecule has 1 aromatic carbocycles. The maximum Gasteiger partial charge on any atom is 0.251 e. The van der Waals surface area contributed by atoms with E-state index in [1.165, 1.54) is 10.6 Å². The molecule has 7 nitrogen and oxygen atoms in total. The van der Waals surface area contributed by atoms with Gasteiger partial charge in [-0.3, -0.25) is 9.10 Å². The molecule has 0 unspecified atom stereocenters. The van der Waals surface area contributed by atoms with Crippen LogP contribution < -0.4 is 9.62 Å². The molecule has 3 rings (SSSR count). The van der Waals surface area contributed by atoms with Gasteiger partial charge in [-0.2, -0.15) is 0 Å². The van der Waals surface area contributed by atoms with Crippen molar-refractivity contribution in [1.82, 2.24) is 5.32 Å². The van der Waals surface area contributed by atoms with Crippen molar-refractivity contribution in [3.8, 4) is 0 Å². The largest absolute Gasteiger partial charge is 0.348 e. The topological polar surface area (TPSA) is 101 Å². The molecule has 0 spiro atoms. The van der Waals surface area contributed by atoms with Gasteiger partial charge in [-0.05, 0) is 43.5 Å². The van der Waals surface area contributed by atoms with Gasteiger partial charge in [0.25, 0.3) is 5.91 Å². The summed E-state index contributed by atoms with van der Waals surface area (Å²) in [5.41, 5.74) is 1.82. The zero-order valence-corrected chi connectivity index (χ0v) is 15.2. The molecule has 0 aromatic heterocycles. The first-order valence-corrected chi connectivity index (χ1v) is 11.4. The average Bonchev–Trinajstić information content (AvgIpc) is 2.95. The van der Waals surface area contributed by atoms with E-state index in [0.717, 1.165) is 5.56 Å². The Kier molecular flexibility index (Phi) is 4.11. The highest BCUT2D eigenvalue weighted by molar-refractivity contribution is 7.92. The van der Waals surface area contributed by atoms with Gasteiger partial charge >= 0.3 is 0 Å². The minimum Gasteiger partial charge on any atom is -0.348 e. The number of nitrogens with zero attached hydrogens (tertiary/aromatic N) is 1. The van der Waals surface area contributed by atoms with E-state index in [1.807, 2.05) is 6.92 Å². The highest BCUT2D eigenvalue weighted by Gasteiger charge is 2.33. The molecular formula is C15H20N2O5S2. The maximum atomic E-state index is 12.3. The Morgan fingerprint density at radius 3 is 2.62 bits per heavy atom. The smallest absolute Gasteiger partial charge is 0.251 e. The Labute approximate surface area is 142 Å². The van der Waals surface area contributed by atoms with Crippen LogP contribution in [-0.4, -0.2) is 52.6 Å². The van der Waals surface area contributed by atoms with Gasteiger partial charge in [0, 0.05) is 17.6 Å². The molecule has 1 aromatic rings. The van der Waals surface area contributed by atoms with Crippen molar-refractivity contribution in [2.24, 2.45) is 0 Å². The van der Waals surface area contributed by atoms with Gasteiger partial charge in [0.15, 0.2) is 9.84 Å². The lowest BCUT2D eigenvalue weighted by atomic mass is 10.1. The first kappa shape index (κ1) is 17.2. The second-order valence-corrected chi connectivity index (χ2v) is 10.6. The van der Waals surface area contributed by atoms with Crippen molar-refractivity contribution in [2.75, 3.05) is 22.1 Å². The number of sulfonamides is 1. The molecule has 0 radical (unpaired) electrons. The van der Waals surface area contributed by atoms with Gasteiger partial charge in [-0.15, -0.1) is 0 Å². The van der Waals surface area contributed by atoms with E-state index in [9.17, 15) is 21.6 Å². The van der Waals surface area contributed by atoms with Gasteiger partial charge in [-0.1, -0.05) is 0 Å². The lowest BCUT2D eigenvalue weighted by Crippen LogP contribution is -2.35. The fraction of sp³-hybridized carbons (Fsp3) is 0.533. The van der Waals surface area contributed by atoms with Crippen molar-refractivity contribution in [1.29, 1.82) is 0 Å². The van der Waals surface area contributed by atoms with E-state index in [2.05, 4.69) is 5.32 Å². The van der Waals surface area contributed by atoms with Crippen LogP contribution in [0.2, 0.25) is 0 Å². The number of fused-ring (bicyclic) bond motifs is 1. The Morgan fingerprint density at radius 2 is 2.04 bits per heavy atom. The first-order chi connectivity index (χ1) is 11.1. The van der Waals surface area contributed by atoms with Crippen molar-refractivity contribution >= 4 is 31.5 Å². The zero-order chi connectivity index (χ0) is 17.7. The summed E-state index contributed by atoms with van der Waals surface area (Å²) in [5.74, 6) is -0.253. The van der Waals surface area contributed by atoms with Crippen LogP contribution in [0.3, 0.4) is 0 Å². The minimum absolute atomic E-state index is 0.0252. The van der Waals surface area contributed by atoms with E-state index < -0.39 is 19.9 Å². The second-order valence-electron chi connectivity index (χ2n) is 6.53. The number of amides is 1. The Hall–Kier alpha value is -1.61. The normalized spacial score (nSPS) is 25.5. The quantitative estimate of drug-likeness (QED) is 0.823. The third-order valence-electron chi connectivity index (χ3n) is 4.42. The monoisotopic (exact) mass is 372 g/mol. The number of hydrogen-bond donors (Lipinski definition) is 1. The molecule has 1 amide bonds. The highest BCUT2D eigenvalue weighted by atomic mass is 32.2. The third-order valence-corrected chi connectivity index (χ3v) is 7.46. The molecule has 9 heteroatoms. The lowest BCUT2D eigenvalue weighted by molar-refractivity contribution is 0.0941. The lowest BCUT2D eigenvalue weighted by Gasteiger charge is -2.22. The van der Waals surface area contributed by atoms with E-state index in [4.69, 9.17) is 0 Å². The van der Waals surface area contributed by atoms with Gasteiger partial charge in [0.1, 0.15) is 0 Å². The molecule has 132 valence electrons. The van der Waals surface area contributed by atoms with Gasteiger partial charge < -0.3 is 5.32 Å². The summed E-state index contributed by atoms with van der Waals surface area (Å²) in [7, 11) is -6.42. The number of hydrogen-bond acceptors (Lipinski definition) is 5. The SMILES string of the molecule is C[C@H]1Cc2cc(C(=O)N[C@@H]3CCS(=O)(=O)C3)ccc2N1S(C)(=O)=O. The number of sulfone groups is 1. The maximum absolute atomic E-state index is 12.3. The van der Waals surface area contributed by atoms with Crippen LogP contribution in [0.4, 0.5) is 5.69 Å². The van der Waals surface area contributed by atoms with Crippen molar-refractivity contribution in [2.45, 2.75) is 31.8 Å². The minimum atomic E-state index is -3.36. The second kappa shape index (κ2) is 5.73. The van der Waals surface area contributed by atoms with Crippen LogP contribution in [0.15, 0.2) is 18.2 Å². The third kappa shape index (κ3) is 3.27. The summed E-state index contributed by atoms with van der Waals surface area (Å²) in [6.07, 6.45) is 2.14. The van der Waals surface area contributed by atoms with Crippen LogP contribution in [0, 0.1) is 0 Å². The van der Waals surface area contributed by atoms with Crippen molar-refractivity contribution in [3.63, 3.8) is 0 Å². The summed E-state index contributed by atoms with van der Waals surface area (Å²) >= 11 is 0. The van der Waals surface area contributed by atoms with Crippen LogP contribution >= 0.6 is 0 Å². The number of rotatable bonds is 3. The van der Waals surface area contributed by atoms with E-state index in [-0.39, 0.29) is 29.5 Å². The summed E-state index contributed by atoms with van der Waals surface area (Å²) in [6.45, 7) is 1.82. The summed E-state index contributed by atoms with van der Waals surface area (Å²) in [6, 6.07) is 4.36. The number of benzene rings is 1. The molecule has 0 bridgehead atoms. The Balaban J connectivity index is 1.80. The molecule has 1 fully saturated rings. The van der Waals surface area contributed by atoms with Gasteiger partial charge in [-0.25, -0.2) is 16.8 Å². The van der Waals surface area contributed by atoms with E-state index in [1.54, 1.807) is 18.2 Å². The van der Waals surface area contributed by atoms with E-state index in [0.29, 0.717) is 24.1 Å². The summed E-state index contributed by atoms with van der Waals surface area (Å²) in [5, 5.41) is 2.74. The summed E-state index contributed by atoms with van der Waals surface area (Å²) in [4.78, 5) is 12.3.